The number of carbonyl (C=O) groups excluding carboxylic acids is 2. The number of rotatable bonds is 4. The highest BCUT2D eigenvalue weighted by Gasteiger charge is 2.19. The van der Waals surface area contributed by atoms with Gasteiger partial charge in [-0.05, 0) is 35.9 Å². The third-order valence-corrected chi connectivity index (χ3v) is 4.36. The minimum atomic E-state index is -0.0755. The number of hydrogen-bond acceptors (Lipinski definition) is 3. The summed E-state index contributed by atoms with van der Waals surface area (Å²) in [6.45, 7) is 4.49. The highest BCUT2D eigenvalue weighted by atomic mass is 16.2. The highest BCUT2D eigenvalue weighted by Crippen LogP contribution is 2.19. The molecule has 0 unspecified atom stereocenters. The number of hydrogen-bond donors (Lipinski definition) is 1. The number of benzene rings is 2. The summed E-state index contributed by atoms with van der Waals surface area (Å²) in [4.78, 5) is 27.6. The molecule has 1 fully saturated rings. The van der Waals surface area contributed by atoms with E-state index in [1.807, 2.05) is 65.6 Å². The Kier molecular flexibility index (Phi) is 5.69. The van der Waals surface area contributed by atoms with E-state index in [1.54, 1.807) is 6.08 Å². The molecule has 2 aromatic rings. The third kappa shape index (κ3) is 4.72. The van der Waals surface area contributed by atoms with Crippen molar-refractivity contribution in [2.24, 2.45) is 0 Å². The summed E-state index contributed by atoms with van der Waals surface area (Å²) < 4.78 is 0. The van der Waals surface area contributed by atoms with Crippen LogP contribution in [-0.2, 0) is 9.59 Å². The average molecular weight is 349 g/mol. The van der Waals surface area contributed by atoms with Gasteiger partial charge in [-0.2, -0.15) is 0 Å². The van der Waals surface area contributed by atoms with Crippen molar-refractivity contribution in [3.8, 4) is 0 Å². The third-order valence-electron chi connectivity index (χ3n) is 4.36. The zero-order chi connectivity index (χ0) is 18.4. The van der Waals surface area contributed by atoms with Crippen LogP contribution in [0.4, 0.5) is 11.4 Å². The van der Waals surface area contributed by atoms with Crippen LogP contribution in [-0.4, -0.2) is 42.9 Å². The molecule has 5 nitrogen and oxygen atoms in total. The number of anilines is 2. The van der Waals surface area contributed by atoms with Crippen molar-refractivity contribution in [2.45, 2.75) is 6.92 Å². The van der Waals surface area contributed by atoms with E-state index in [0.29, 0.717) is 13.1 Å². The molecule has 0 radical (unpaired) electrons. The van der Waals surface area contributed by atoms with E-state index >= 15 is 0 Å². The summed E-state index contributed by atoms with van der Waals surface area (Å²) in [6, 6.07) is 17.6. The Morgan fingerprint density at radius 1 is 0.923 bits per heavy atom. The number of piperazine rings is 1. The minimum absolute atomic E-state index is 0.0505. The first-order valence-corrected chi connectivity index (χ1v) is 8.76. The molecule has 0 saturated carbocycles. The lowest BCUT2D eigenvalue weighted by molar-refractivity contribution is -0.126. The lowest BCUT2D eigenvalue weighted by Crippen LogP contribution is -2.48. The number of amides is 2. The molecule has 2 amide bonds. The fraction of sp³-hybridized carbons (Fsp3) is 0.238. The van der Waals surface area contributed by atoms with Crippen molar-refractivity contribution in [1.29, 1.82) is 0 Å². The number of carbonyl (C=O) groups is 2. The summed E-state index contributed by atoms with van der Waals surface area (Å²) in [5, 5.41) is 2.77. The van der Waals surface area contributed by atoms with E-state index in [0.717, 1.165) is 30.0 Å². The molecule has 0 spiro atoms. The minimum Gasteiger partial charge on any atom is -0.368 e. The lowest BCUT2D eigenvalue weighted by Gasteiger charge is -2.35. The predicted octanol–water partition coefficient (Wildman–Crippen LogP) is 3.01. The first kappa shape index (κ1) is 17.7. The van der Waals surface area contributed by atoms with Crippen molar-refractivity contribution in [3.63, 3.8) is 0 Å². The molecule has 5 heteroatoms. The maximum absolute atomic E-state index is 12.3. The van der Waals surface area contributed by atoms with Gasteiger partial charge in [-0.1, -0.05) is 30.3 Å². The first-order valence-electron chi connectivity index (χ1n) is 8.76. The summed E-state index contributed by atoms with van der Waals surface area (Å²) in [6.07, 6.45) is 3.50. The maximum Gasteiger partial charge on any atom is 0.246 e. The molecule has 1 saturated heterocycles. The molecule has 1 aliphatic heterocycles. The van der Waals surface area contributed by atoms with Gasteiger partial charge in [-0.15, -0.1) is 0 Å². The predicted molar refractivity (Wildman–Crippen MR) is 105 cm³/mol. The average Bonchev–Trinajstić information content (AvgIpc) is 2.67. The van der Waals surface area contributed by atoms with Gasteiger partial charge in [0.25, 0.3) is 0 Å². The molecule has 1 N–H and O–H groups in total. The van der Waals surface area contributed by atoms with Gasteiger partial charge in [-0.25, -0.2) is 0 Å². The van der Waals surface area contributed by atoms with E-state index in [1.165, 1.54) is 6.92 Å². The summed E-state index contributed by atoms with van der Waals surface area (Å²) in [5.74, 6) is -0.0251. The molecule has 1 heterocycles. The van der Waals surface area contributed by atoms with Gasteiger partial charge < -0.3 is 15.1 Å². The van der Waals surface area contributed by atoms with Crippen LogP contribution in [0.1, 0.15) is 12.5 Å². The van der Waals surface area contributed by atoms with Gasteiger partial charge >= 0.3 is 0 Å². The molecule has 134 valence electrons. The van der Waals surface area contributed by atoms with E-state index < -0.39 is 0 Å². The summed E-state index contributed by atoms with van der Waals surface area (Å²) in [7, 11) is 0. The van der Waals surface area contributed by atoms with Gasteiger partial charge in [0.15, 0.2) is 0 Å². The SMILES string of the molecule is CC(=O)Nc1ccc(N2CCN(C(=O)/C=C/c3ccccc3)CC2)cc1. The molecule has 3 rings (SSSR count). The van der Waals surface area contributed by atoms with Crippen molar-refractivity contribution in [3.05, 3.63) is 66.2 Å². The number of nitrogens with zero attached hydrogens (tertiary/aromatic N) is 2. The van der Waals surface area contributed by atoms with E-state index in [2.05, 4.69) is 10.2 Å². The monoisotopic (exact) mass is 349 g/mol. The molecular weight excluding hydrogens is 326 g/mol. The Morgan fingerprint density at radius 2 is 1.58 bits per heavy atom. The zero-order valence-corrected chi connectivity index (χ0v) is 14.9. The van der Waals surface area contributed by atoms with Gasteiger partial charge in [0.05, 0.1) is 0 Å². The Hall–Kier alpha value is -3.08. The molecule has 0 bridgehead atoms. The second-order valence-corrected chi connectivity index (χ2v) is 6.28. The first-order chi connectivity index (χ1) is 12.6. The Bertz CT molecular complexity index is 777. The topological polar surface area (TPSA) is 52.7 Å². The number of nitrogens with one attached hydrogen (secondary N) is 1. The molecule has 0 atom stereocenters. The van der Waals surface area contributed by atoms with Crippen molar-refractivity contribution >= 4 is 29.3 Å². The second kappa shape index (κ2) is 8.34. The van der Waals surface area contributed by atoms with Crippen LogP contribution in [0, 0.1) is 0 Å². The highest BCUT2D eigenvalue weighted by molar-refractivity contribution is 5.92. The molecule has 0 aliphatic carbocycles. The van der Waals surface area contributed by atoms with Gasteiger partial charge in [0.2, 0.25) is 11.8 Å². The van der Waals surface area contributed by atoms with Crippen molar-refractivity contribution < 1.29 is 9.59 Å². The van der Waals surface area contributed by atoms with Crippen LogP contribution in [0.15, 0.2) is 60.7 Å². The van der Waals surface area contributed by atoms with E-state index in [9.17, 15) is 9.59 Å². The van der Waals surface area contributed by atoms with E-state index in [4.69, 9.17) is 0 Å². The van der Waals surface area contributed by atoms with Crippen LogP contribution in [0.25, 0.3) is 6.08 Å². The maximum atomic E-state index is 12.3. The molecule has 2 aromatic carbocycles. The van der Waals surface area contributed by atoms with Crippen LogP contribution in [0.5, 0.6) is 0 Å². The van der Waals surface area contributed by atoms with Crippen LogP contribution in [0.3, 0.4) is 0 Å². The van der Waals surface area contributed by atoms with Gasteiger partial charge in [-0.3, -0.25) is 9.59 Å². The molecule has 26 heavy (non-hydrogen) atoms. The van der Waals surface area contributed by atoms with Gasteiger partial charge in [0.1, 0.15) is 0 Å². The standard InChI is InChI=1S/C21H23N3O2/c1-17(25)22-19-8-10-20(11-9-19)23-13-15-24(16-14-23)21(26)12-7-18-5-3-2-4-6-18/h2-12H,13-16H2,1H3,(H,22,25)/b12-7+. The van der Waals surface area contributed by atoms with Crippen LogP contribution < -0.4 is 10.2 Å². The fourth-order valence-corrected chi connectivity index (χ4v) is 2.98. The van der Waals surface area contributed by atoms with Crippen LogP contribution in [0.2, 0.25) is 0 Å². The van der Waals surface area contributed by atoms with E-state index in [-0.39, 0.29) is 11.8 Å². The summed E-state index contributed by atoms with van der Waals surface area (Å²) >= 11 is 0. The molecular formula is C21H23N3O2. The van der Waals surface area contributed by atoms with Crippen molar-refractivity contribution in [2.75, 3.05) is 36.4 Å². The lowest BCUT2D eigenvalue weighted by atomic mass is 10.2. The zero-order valence-electron chi connectivity index (χ0n) is 14.9. The van der Waals surface area contributed by atoms with Gasteiger partial charge in [0, 0.05) is 50.6 Å². The Morgan fingerprint density at radius 3 is 2.19 bits per heavy atom. The smallest absolute Gasteiger partial charge is 0.246 e. The Balaban J connectivity index is 1.53. The molecule has 1 aliphatic rings. The van der Waals surface area contributed by atoms with Crippen LogP contribution >= 0.6 is 0 Å². The molecule has 0 aromatic heterocycles. The largest absolute Gasteiger partial charge is 0.368 e. The van der Waals surface area contributed by atoms with Crippen molar-refractivity contribution in [1.82, 2.24) is 4.90 Å². The quantitative estimate of drug-likeness (QED) is 0.864. The second-order valence-electron chi connectivity index (χ2n) is 6.28. The summed E-state index contributed by atoms with van der Waals surface area (Å²) in [5.41, 5.74) is 2.92. The Labute approximate surface area is 153 Å². The fourth-order valence-electron chi connectivity index (χ4n) is 2.98. The normalized spacial score (nSPS) is 14.5.